The standard InChI is InChI=1S/C12H15BrFNO2/c1-3-17-11(16)6-10(15)9-5-8(13)4-7(2)12(9)14/h4-5,10H,3,6,15H2,1-2H3/t10-/m1/s1. The Morgan fingerprint density at radius 3 is 2.82 bits per heavy atom. The van der Waals surface area contributed by atoms with E-state index in [-0.39, 0.29) is 12.2 Å². The summed E-state index contributed by atoms with van der Waals surface area (Å²) < 4.78 is 19.3. The van der Waals surface area contributed by atoms with Gasteiger partial charge >= 0.3 is 5.97 Å². The average Bonchev–Trinajstić information content (AvgIpc) is 2.23. The molecule has 1 aromatic rings. The zero-order chi connectivity index (χ0) is 13.0. The highest BCUT2D eigenvalue weighted by Crippen LogP contribution is 2.25. The Labute approximate surface area is 108 Å². The molecule has 0 heterocycles. The summed E-state index contributed by atoms with van der Waals surface area (Å²) in [4.78, 5) is 11.3. The molecule has 0 aliphatic carbocycles. The van der Waals surface area contributed by atoms with Gasteiger partial charge in [-0.15, -0.1) is 0 Å². The number of rotatable bonds is 4. The SMILES string of the molecule is CCOC(=O)C[C@@H](N)c1cc(Br)cc(C)c1F. The number of aryl methyl sites for hydroxylation is 1. The van der Waals surface area contributed by atoms with Crippen molar-refractivity contribution in [3.63, 3.8) is 0 Å². The van der Waals surface area contributed by atoms with Crippen molar-refractivity contribution in [2.75, 3.05) is 6.61 Å². The largest absolute Gasteiger partial charge is 0.466 e. The molecule has 1 atom stereocenters. The van der Waals surface area contributed by atoms with Crippen molar-refractivity contribution in [3.8, 4) is 0 Å². The molecule has 2 N–H and O–H groups in total. The van der Waals surface area contributed by atoms with E-state index in [0.717, 1.165) is 4.47 Å². The second-order valence-electron chi connectivity index (χ2n) is 3.74. The Bertz CT molecular complexity index is 423. The molecule has 0 amide bonds. The van der Waals surface area contributed by atoms with E-state index >= 15 is 0 Å². The van der Waals surface area contributed by atoms with Crippen molar-refractivity contribution in [3.05, 3.63) is 33.5 Å². The number of benzene rings is 1. The Morgan fingerprint density at radius 1 is 1.59 bits per heavy atom. The van der Waals surface area contributed by atoms with Crippen LogP contribution in [-0.2, 0) is 9.53 Å². The first-order chi connectivity index (χ1) is 7.95. The van der Waals surface area contributed by atoms with Crippen LogP contribution in [0.4, 0.5) is 4.39 Å². The van der Waals surface area contributed by atoms with Crippen LogP contribution >= 0.6 is 15.9 Å². The summed E-state index contributed by atoms with van der Waals surface area (Å²) in [5.41, 5.74) is 6.62. The van der Waals surface area contributed by atoms with Gasteiger partial charge < -0.3 is 10.5 Å². The maximum Gasteiger partial charge on any atom is 0.307 e. The first-order valence-corrected chi connectivity index (χ1v) is 6.11. The fourth-order valence-corrected chi connectivity index (χ4v) is 2.12. The normalized spacial score (nSPS) is 12.3. The molecule has 5 heteroatoms. The number of hydrogen-bond acceptors (Lipinski definition) is 3. The van der Waals surface area contributed by atoms with Gasteiger partial charge in [-0.2, -0.15) is 0 Å². The third-order valence-corrected chi connectivity index (χ3v) is 2.80. The van der Waals surface area contributed by atoms with Gasteiger partial charge in [0, 0.05) is 16.1 Å². The Morgan fingerprint density at radius 2 is 2.24 bits per heavy atom. The first kappa shape index (κ1) is 14.1. The molecule has 0 saturated heterocycles. The first-order valence-electron chi connectivity index (χ1n) is 5.32. The van der Waals surface area contributed by atoms with Crippen molar-refractivity contribution in [2.24, 2.45) is 5.73 Å². The second-order valence-corrected chi connectivity index (χ2v) is 4.66. The van der Waals surface area contributed by atoms with Crippen LogP contribution in [0.25, 0.3) is 0 Å². The summed E-state index contributed by atoms with van der Waals surface area (Å²) in [5.74, 6) is -0.790. The molecule has 0 aromatic heterocycles. The summed E-state index contributed by atoms with van der Waals surface area (Å²) in [6.45, 7) is 3.67. The zero-order valence-corrected chi connectivity index (χ0v) is 11.4. The lowest BCUT2D eigenvalue weighted by Crippen LogP contribution is -2.18. The molecule has 1 rings (SSSR count). The number of carbonyl (C=O) groups is 1. The van der Waals surface area contributed by atoms with Gasteiger partial charge in [-0.25, -0.2) is 4.39 Å². The average molecular weight is 304 g/mol. The van der Waals surface area contributed by atoms with Gasteiger partial charge in [-0.05, 0) is 31.5 Å². The van der Waals surface area contributed by atoms with Crippen LogP contribution in [-0.4, -0.2) is 12.6 Å². The summed E-state index contributed by atoms with van der Waals surface area (Å²) in [7, 11) is 0. The topological polar surface area (TPSA) is 52.3 Å². The molecule has 0 spiro atoms. The lowest BCUT2D eigenvalue weighted by Gasteiger charge is -2.14. The van der Waals surface area contributed by atoms with Crippen molar-refractivity contribution in [1.29, 1.82) is 0 Å². The maximum atomic E-state index is 13.8. The smallest absolute Gasteiger partial charge is 0.307 e. The fraction of sp³-hybridized carbons (Fsp3) is 0.417. The Balaban J connectivity index is 2.88. The molecular formula is C12H15BrFNO2. The molecule has 1 aromatic carbocycles. The zero-order valence-electron chi connectivity index (χ0n) is 9.80. The Hall–Kier alpha value is -0.940. The van der Waals surface area contributed by atoms with Crippen LogP contribution in [0.5, 0.6) is 0 Å². The lowest BCUT2D eigenvalue weighted by molar-refractivity contribution is -0.143. The van der Waals surface area contributed by atoms with Crippen molar-refractivity contribution in [2.45, 2.75) is 26.3 Å². The summed E-state index contributed by atoms with van der Waals surface area (Å²) in [5, 5.41) is 0. The van der Waals surface area contributed by atoms with Crippen molar-refractivity contribution in [1.82, 2.24) is 0 Å². The van der Waals surface area contributed by atoms with Gasteiger partial charge in [0.05, 0.1) is 13.0 Å². The molecule has 0 aliphatic heterocycles. The van der Waals surface area contributed by atoms with E-state index in [0.29, 0.717) is 17.7 Å². The predicted molar refractivity (Wildman–Crippen MR) is 67.0 cm³/mol. The van der Waals surface area contributed by atoms with Gasteiger partial charge in [-0.3, -0.25) is 4.79 Å². The van der Waals surface area contributed by atoms with E-state index in [1.807, 2.05) is 0 Å². The molecule has 0 unspecified atom stereocenters. The van der Waals surface area contributed by atoms with E-state index in [2.05, 4.69) is 15.9 Å². The lowest BCUT2D eigenvalue weighted by atomic mass is 10.0. The molecule has 0 fully saturated rings. The molecular weight excluding hydrogens is 289 g/mol. The molecule has 0 aliphatic rings. The van der Waals surface area contributed by atoms with E-state index in [1.165, 1.54) is 0 Å². The number of halogens is 2. The number of ether oxygens (including phenoxy) is 1. The van der Waals surface area contributed by atoms with E-state index in [9.17, 15) is 9.18 Å². The highest BCUT2D eigenvalue weighted by molar-refractivity contribution is 9.10. The highest BCUT2D eigenvalue weighted by atomic mass is 79.9. The van der Waals surface area contributed by atoms with Crippen LogP contribution in [0.2, 0.25) is 0 Å². The molecule has 94 valence electrons. The van der Waals surface area contributed by atoms with Crippen LogP contribution in [0.3, 0.4) is 0 Å². The predicted octanol–water partition coefficient (Wildman–Crippen LogP) is 2.85. The van der Waals surface area contributed by atoms with Crippen LogP contribution in [0, 0.1) is 12.7 Å². The van der Waals surface area contributed by atoms with Gasteiger partial charge in [-0.1, -0.05) is 15.9 Å². The van der Waals surface area contributed by atoms with Crippen LogP contribution in [0.15, 0.2) is 16.6 Å². The van der Waals surface area contributed by atoms with Gasteiger partial charge in [0.15, 0.2) is 0 Å². The molecule has 0 radical (unpaired) electrons. The van der Waals surface area contributed by atoms with Crippen LogP contribution < -0.4 is 5.73 Å². The quantitative estimate of drug-likeness (QED) is 0.870. The number of nitrogens with two attached hydrogens (primary N) is 1. The maximum absolute atomic E-state index is 13.8. The second kappa shape index (κ2) is 6.12. The fourth-order valence-electron chi connectivity index (χ4n) is 1.53. The number of esters is 1. The van der Waals surface area contributed by atoms with Crippen molar-refractivity contribution < 1.29 is 13.9 Å². The summed E-state index contributed by atoms with van der Waals surface area (Å²) >= 11 is 3.27. The summed E-state index contributed by atoms with van der Waals surface area (Å²) in [6.07, 6.45) is -0.0271. The highest BCUT2D eigenvalue weighted by Gasteiger charge is 2.18. The van der Waals surface area contributed by atoms with Crippen molar-refractivity contribution >= 4 is 21.9 Å². The Kier molecular flexibility index (Phi) is 5.08. The molecule has 17 heavy (non-hydrogen) atoms. The molecule has 3 nitrogen and oxygen atoms in total. The third kappa shape index (κ3) is 3.78. The number of carbonyl (C=O) groups excluding carboxylic acids is 1. The monoisotopic (exact) mass is 303 g/mol. The minimum Gasteiger partial charge on any atom is -0.466 e. The van der Waals surface area contributed by atoms with E-state index in [1.54, 1.807) is 26.0 Å². The third-order valence-electron chi connectivity index (χ3n) is 2.34. The van der Waals surface area contributed by atoms with Gasteiger partial charge in [0.1, 0.15) is 5.82 Å². The van der Waals surface area contributed by atoms with Gasteiger partial charge in [0.2, 0.25) is 0 Å². The minimum absolute atomic E-state index is 0.0271. The molecule has 0 saturated carbocycles. The van der Waals surface area contributed by atoms with Gasteiger partial charge in [0.25, 0.3) is 0 Å². The molecule has 0 bridgehead atoms. The van der Waals surface area contributed by atoms with E-state index < -0.39 is 12.0 Å². The minimum atomic E-state index is -0.690. The van der Waals surface area contributed by atoms with E-state index in [4.69, 9.17) is 10.5 Å². The summed E-state index contributed by atoms with van der Waals surface area (Å²) in [6, 6.07) is 2.56. The van der Waals surface area contributed by atoms with Crippen LogP contribution in [0.1, 0.15) is 30.5 Å². The number of hydrogen-bond donors (Lipinski definition) is 1.